The molecule has 10 N–H and O–H groups in total. The third kappa shape index (κ3) is 10.4. The minimum Gasteiger partial charge on any atom is -0.480 e. The lowest BCUT2D eigenvalue weighted by molar-refractivity contribution is -0.143. The fraction of sp³-hybridized carbons (Fsp3) is 0.571. The number of amides is 5. The van der Waals surface area contributed by atoms with Crippen molar-refractivity contribution < 1.29 is 33.9 Å². The second-order valence-electron chi connectivity index (χ2n) is 5.70. The fourth-order valence-corrected chi connectivity index (χ4v) is 1.80. The molecule has 0 aromatic heterocycles. The van der Waals surface area contributed by atoms with Gasteiger partial charge in [0.05, 0.1) is 19.0 Å². The van der Waals surface area contributed by atoms with E-state index in [0.717, 1.165) is 0 Å². The maximum absolute atomic E-state index is 12.2. The average molecular weight is 388 g/mol. The molecule has 0 bridgehead atoms. The van der Waals surface area contributed by atoms with Crippen LogP contribution in [0.1, 0.15) is 26.2 Å². The number of carbonyl (C=O) groups is 6. The molecule has 27 heavy (non-hydrogen) atoms. The van der Waals surface area contributed by atoms with Crippen molar-refractivity contribution >= 4 is 35.5 Å². The first kappa shape index (κ1) is 23.8. The van der Waals surface area contributed by atoms with E-state index in [9.17, 15) is 28.8 Å². The maximum atomic E-state index is 12.2. The Bertz CT molecular complexity index is 607. The van der Waals surface area contributed by atoms with Crippen molar-refractivity contribution in [1.82, 2.24) is 16.0 Å². The highest BCUT2D eigenvalue weighted by atomic mass is 16.4. The third-order valence-electron chi connectivity index (χ3n) is 3.19. The van der Waals surface area contributed by atoms with Crippen LogP contribution in [0.2, 0.25) is 0 Å². The Morgan fingerprint density at radius 2 is 1.52 bits per heavy atom. The number of nitrogens with two attached hydrogens (primary N) is 3. The molecule has 0 saturated carbocycles. The molecule has 0 saturated heterocycles. The van der Waals surface area contributed by atoms with Crippen LogP contribution in [0.25, 0.3) is 0 Å². The molecule has 0 aromatic rings. The minimum atomic E-state index is -1.61. The van der Waals surface area contributed by atoms with Gasteiger partial charge in [0.1, 0.15) is 12.1 Å². The van der Waals surface area contributed by atoms with Crippen molar-refractivity contribution in [3.05, 3.63) is 0 Å². The average Bonchev–Trinajstić information content (AvgIpc) is 2.54. The zero-order valence-corrected chi connectivity index (χ0v) is 14.7. The lowest BCUT2D eigenvalue weighted by Gasteiger charge is -2.21. The van der Waals surface area contributed by atoms with Gasteiger partial charge < -0.3 is 38.3 Å². The molecule has 0 aromatic carbocycles. The minimum absolute atomic E-state index is 0.225. The van der Waals surface area contributed by atoms with Crippen LogP contribution in [-0.4, -0.2) is 65.3 Å². The number of nitrogens with one attached hydrogen (secondary N) is 3. The monoisotopic (exact) mass is 388 g/mol. The van der Waals surface area contributed by atoms with Gasteiger partial charge in [-0.1, -0.05) is 0 Å². The molecule has 0 rings (SSSR count). The lowest BCUT2D eigenvalue weighted by atomic mass is 10.1. The van der Waals surface area contributed by atoms with E-state index in [1.165, 1.54) is 6.92 Å². The standard InChI is InChI=1S/C14H24N6O7/c1-6(15)12(24)18-5-11(23)19-7(2-3-9(16)21)13(25)20-8(14(26)27)4-10(17)22/h6-8H,2-5,15H2,1H3,(H2,16,21)(H2,17,22)(H,18,24)(H,19,23)(H,20,25)(H,26,27). The van der Waals surface area contributed by atoms with Crippen LogP contribution in [0.4, 0.5) is 0 Å². The van der Waals surface area contributed by atoms with Crippen molar-refractivity contribution in [2.24, 2.45) is 17.2 Å². The number of primary amides is 2. The van der Waals surface area contributed by atoms with Crippen LogP contribution in [0.15, 0.2) is 0 Å². The van der Waals surface area contributed by atoms with Gasteiger partial charge in [-0.3, -0.25) is 24.0 Å². The first-order chi connectivity index (χ1) is 12.4. The Kier molecular flexibility index (Phi) is 10.0. The van der Waals surface area contributed by atoms with Crippen molar-refractivity contribution in [2.75, 3.05) is 6.54 Å². The summed E-state index contributed by atoms with van der Waals surface area (Å²) in [5, 5.41) is 15.5. The Hall–Kier alpha value is -3.22. The zero-order valence-electron chi connectivity index (χ0n) is 14.7. The van der Waals surface area contributed by atoms with Crippen molar-refractivity contribution in [1.29, 1.82) is 0 Å². The molecule has 0 aliphatic carbocycles. The maximum Gasteiger partial charge on any atom is 0.326 e. The van der Waals surface area contributed by atoms with Gasteiger partial charge in [-0.05, 0) is 13.3 Å². The number of carboxylic acid groups (broad SMARTS) is 1. The molecule has 0 fully saturated rings. The summed E-state index contributed by atoms with van der Waals surface area (Å²) < 4.78 is 0. The highest BCUT2D eigenvalue weighted by molar-refractivity contribution is 5.93. The summed E-state index contributed by atoms with van der Waals surface area (Å²) in [6, 6.07) is -3.79. The third-order valence-corrected chi connectivity index (χ3v) is 3.19. The van der Waals surface area contributed by atoms with Crippen LogP contribution in [0.3, 0.4) is 0 Å². The van der Waals surface area contributed by atoms with Crippen LogP contribution in [-0.2, 0) is 28.8 Å². The number of rotatable bonds is 12. The van der Waals surface area contributed by atoms with Crippen LogP contribution in [0, 0.1) is 0 Å². The van der Waals surface area contributed by atoms with Gasteiger partial charge in [-0.15, -0.1) is 0 Å². The molecular weight excluding hydrogens is 364 g/mol. The van der Waals surface area contributed by atoms with E-state index in [1.54, 1.807) is 0 Å². The van der Waals surface area contributed by atoms with Crippen LogP contribution in [0.5, 0.6) is 0 Å². The number of carboxylic acids is 1. The summed E-state index contributed by atoms with van der Waals surface area (Å²) in [6.07, 6.45) is -1.17. The highest BCUT2D eigenvalue weighted by Gasteiger charge is 2.28. The van der Waals surface area contributed by atoms with Crippen molar-refractivity contribution in [2.45, 2.75) is 44.3 Å². The zero-order chi connectivity index (χ0) is 21.1. The van der Waals surface area contributed by atoms with E-state index in [4.69, 9.17) is 22.3 Å². The van der Waals surface area contributed by atoms with Gasteiger partial charge in [0.15, 0.2) is 0 Å². The topological polar surface area (TPSA) is 237 Å². The Morgan fingerprint density at radius 1 is 0.926 bits per heavy atom. The highest BCUT2D eigenvalue weighted by Crippen LogP contribution is 2.00. The molecule has 3 unspecified atom stereocenters. The summed E-state index contributed by atoms with van der Waals surface area (Å²) in [5.41, 5.74) is 15.3. The number of hydrogen-bond donors (Lipinski definition) is 7. The first-order valence-electron chi connectivity index (χ1n) is 7.86. The molecular formula is C14H24N6O7. The Morgan fingerprint density at radius 3 is 1.96 bits per heavy atom. The Labute approximate surface area is 154 Å². The van der Waals surface area contributed by atoms with E-state index >= 15 is 0 Å². The van der Waals surface area contributed by atoms with Crippen LogP contribution >= 0.6 is 0 Å². The Balaban J connectivity index is 4.99. The summed E-state index contributed by atoms with van der Waals surface area (Å²) in [6.45, 7) is 0.908. The molecule has 0 radical (unpaired) electrons. The van der Waals surface area contributed by atoms with Gasteiger partial charge in [0.2, 0.25) is 29.5 Å². The number of hydrogen-bond acceptors (Lipinski definition) is 7. The smallest absolute Gasteiger partial charge is 0.326 e. The predicted octanol–water partition coefficient (Wildman–Crippen LogP) is -4.36. The summed E-state index contributed by atoms with van der Waals surface area (Å²) in [4.78, 5) is 68.3. The van der Waals surface area contributed by atoms with E-state index < -0.39 is 66.6 Å². The normalized spacial score (nSPS) is 13.6. The second kappa shape index (κ2) is 11.4. The number of aliphatic carboxylic acids is 1. The molecule has 0 aliphatic heterocycles. The summed E-state index contributed by atoms with van der Waals surface area (Å²) in [5.74, 6) is -5.56. The summed E-state index contributed by atoms with van der Waals surface area (Å²) >= 11 is 0. The van der Waals surface area contributed by atoms with Gasteiger partial charge in [0.25, 0.3) is 0 Å². The molecule has 13 nitrogen and oxygen atoms in total. The molecule has 13 heteroatoms. The number of carbonyl (C=O) groups excluding carboxylic acids is 5. The largest absolute Gasteiger partial charge is 0.480 e. The van der Waals surface area contributed by atoms with Crippen LogP contribution < -0.4 is 33.2 Å². The second-order valence-corrected chi connectivity index (χ2v) is 5.70. The quantitative estimate of drug-likeness (QED) is 0.172. The van der Waals surface area contributed by atoms with E-state index in [0.29, 0.717) is 0 Å². The van der Waals surface area contributed by atoms with Crippen molar-refractivity contribution in [3.8, 4) is 0 Å². The van der Waals surface area contributed by atoms with E-state index in [-0.39, 0.29) is 12.8 Å². The van der Waals surface area contributed by atoms with Gasteiger partial charge >= 0.3 is 5.97 Å². The van der Waals surface area contributed by atoms with Crippen molar-refractivity contribution in [3.63, 3.8) is 0 Å². The first-order valence-corrected chi connectivity index (χ1v) is 7.86. The molecule has 0 heterocycles. The van der Waals surface area contributed by atoms with E-state index in [1.807, 2.05) is 5.32 Å². The molecule has 0 spiro atoms. The van der Waals surface area contributed by atoms with Gasteiger partial charge in [-0.2, -0.15) is 0 Å². The molecule has 0 aliphatic rings. The fourth-order valence-electron chi connectivity index (χ4n) is 1.80. The molecule has 5 amide bonds. The van der Waals surface area contributed by atoms with E-state index in [2.05, 4.69) is 10.6 Å². The molecule has 3 atom stereocenters. The summed E-state index contributed by atoms with van der Waals surface area (Å²) in [7, 11) is 0. The lowest BCUT2D eigenvalue weighted by Crippen LogP contribution is -2.54. The van der Waals surface area contributed by atoms with Gasteiger partial charge in [-0.25, -0.2) is 4.79 Å². The SMILES string of the molecule is CC(N)C(=O)NCC(=O)NC(CCC(N)=O)C(=O)NC(CC(N)=O)C(=O)O. The van der Waals surface area contributed by atoms with Gasteiger partial charge in [0, 0.05) is 6.42 Å². The predicted molar refractivity (Wildman–Crippen MR) is 90.4 cm³/mol. The molecule has 152 valence electrons.